The largest absolute Gasteiger partial charge is 0.324 e. The van der Waals surface area contributed by atoms with Gasteiger partial charge in [0.25, 0.3) is 0 Å². The van der Waals surface area contributed by atoms with E-state index >= 15 is 0 Å². The fraction of sp³-hybridized carbons (Fsp3) is 0.0667. The maximum absolute atomic E-state index is 13.8. The second kappa shape index (κ2) is 7.47. The van der Waals surface area contributed by atoms with Crippen LogP contribution in [0.25, 0.3) is 0 Å². The molecule has 0 aromatic heterocycles. The Balaban J connectivity index is 1.86. The molecular formula is C30H24NOP. The number of amides is 1. The summed E-state index contributed by atoms with van der Waals surface area (Å²) in [5, 5.41) is 8.21. The van der Waals surface area contributed by atoms with Crippen LogP contribution in [-0.2, 0) is 10.2 Å². The predicted molar refractivity (Wildman–Crippen MR) is 141 cm³/mol. The van der Waals surface area contributed by atoms with Crippen LogP contribution in [0.5, 0.6) is 0 Å². The van der Waals surface area contributed by atoms with E-state index in [9.17, 15) is 4.79 Å². The standard InChI is InChI=1S/C30H24NOP/c1-22-21-30(26-19-11-12-20-27(26)31-29(30)32)28(22)33(23-13-5-2-6-14-23,24-15-7-3-8-16-24)25-17-9-4-10-18-25/h2-21H,1H3,(H,31,32). The van der Waals surface area contributed by atoms with E-state index in [1.807, 2.05) is 18.2 Å². The van der Waals surface area contributed by atoms with Crippen LogP contribution in [0, 0.1) is 0 Å². The van der Waals surface area contributed by atoms with E-state index in [2.05, 4.69) is 115 Å². The summed E-state index contributed by atoms with van der Waals surface area (Å²) in [6.07, 6.45) is 2.17. The molecule has 0 bridgehead atoms. The van der Waals surface area contributed by atoms with Crippen molar-refractivity contribution in [3.63, 3.8) is 0 Å². The van der Waals surface area contributed by atoms with Crippen molar-refractivity contribution in [1.29, 1.82) is 0 Å². The molecule has 33 heavy (non-hydrogen) atoms. The summed E-state index contributed by atoms with van der Waals surface area (Å²) in [7, 11) is 0. The predicted octanol–water partition coefficient (Wildman–Crippen LogP) is 5.00. The van der Waals surface area contributed by atoms with Crippen LogP contribution in [0.3, 0.4) is 0 Å². The molecule has 1 amide bonds. The quantitative estimate of drug-likeness (QED) is 0.442. The van der Waals surface area contributed by atoms with Gasteiger partial charge in [0, 0.05) is 5.69 Å². The van der Waals surface area contributed by atoms with Crippen LogP contribution < -0.4 is 21.2 Å². The Hall–Kier alpha value is -3.61. The van der Waals surface area contributed by atoms with Gasteiger partial charge in [-0.2, -0.15) is 0 Å². The number of benzene rings is 4. The zero-order valence-electron chi connectivity index (χ0n) is 18.4. The second-order valence-corrected chi connectivity index (χ2v) is 12.0. The Morgan fingerprint density at radius 3 is 1.58 bits per heavy atom. The lowest BCUT2D eigenvalue weighted by molar-refractivity contribution is -0.117. The number of hydrogen-bond donors (Lipinski definition) is 1. The van der Waals surface area contributed by atoms with E-state index in [4.69, 9.17) is 0 Å². The number of carbonyl (C=O) groups excluding carboxylic acids is 1. The van der Waals surface area contributed by atoms with E-state index in [1.165, 1.54) is 26.8 Å². The molecule has 3 heteroatoms. The maximum Gasteiger partial charge on any atom is 0.243 e. The molecule has 1 heterocycles. The number of anilines is 1. The van der Waals surface area contributed by atoms with E-state index in [-0.39, 0.29) is 5.91 Å². The summed E-state index contributed by atoms with van der Waals surface area (Å²) in [5.74, 6) is 0.0523. The van der Waals surface area contributed by atoms with E-state index in [0.29, 0.717) is 0 Å². The molecule has 1 unspecified atom stereocenters. The number of nitrogens with one attached hydrogen (secondary N) is 1. The average molecular weight is 446 g/mol. The molecule has 2 nitrogen and oxygen atoms in total. The van der Waals surface area contributed by atoms with Gasteiger partial charge in [0.05, 0.1) is 0 Å². The van der Waals surface area contributed by atoms with E-state index in [0.717, 1.165) is 11.3 Å². The molecule has 1 spiro atoms. The van der Waals surface area contributed by atoms with Crippen LogP contribution in [0.1, 0.15) is 12.5 Å². The first-order valence-corrected chi connectivity index (χ1v) is 13.0. The van der Waals surface area contributed by atoms with Gasteiger partial charge in [-0.05, 0) is 52.2 Å². The van der Waals surface area contributed by atoms with Crippen molar-refractivity contribution >= 4 is 39.7 Å². The third-order valence-corrected chi connectivity index (χ3v) is 11.5. The van der Waals surface area contributed by atoms with Gasteiger partial charge >= 0.3 is 0 Å². The minimum absolute atomic E-state index is 0.0523. The molecule has 0 radical (unpaired) electrons. The maximum atomic E-state index is 13.8. The third kappa shape index (κ3) is 2.65. The van der Waals surface area contributed by atoms with Crippen molar-refractivity contribution in [1.82, 2.24) is 0 Å². The van der Waals surface area contributed by atoms with Crippen LogP contribution in [0.15, 0.2) is 127 Å². The number of allylic oxidation sites excluding steroid dienone is 1. The summed E-state index contributed by atoms with van der Waals surface area (Å²) in [5.41, 5.74) is 2.42. The van der Waals surface area contributed by atoms with Crippen molar-refractivity contribution in [2.75, 3.05) is 5.32 Å². The fourth-order valence-electron chi connectivity index (χ4n) is 5.67. The third-order valence-electron chi connectivity index (χ3n) is 6.90. The van der Waals surface area contributed by atoms with Gasteiger partial charge in [0.15, 0.2) is 0 Å². The number of carbonyl (C=O) groups is 1. The molecule has 0 fully saturated rings. The number of para-hydroxylation sites is 1. The van der Waals surface area contributed by atoms with Gasteiger partial charge in [-0.1, -0.05) is 115 Å². The minimum Gasteiger partial charge on any atom is -0.324 e. The molecule has 0 saturated carbocycles. The zero-order valence-corrected chi connectivity index (χ0v) is 19.3. The van der Waals surface area contributed by atoms with Crippen LogP contribution in [-0.4, -0.2) is 11.2 Å². The Morgan fingerprint density at radius 1 is 0.636 bits per heavy atom. The van der Waals surface area contributed by atoms with Gasteiger partial charge < -0.3 is 5.32 Å². The highest BCUT2D eigenvalue weighted by Crippen LogP contribution is 2.59. The summed E-state index contributed by atoms with van der Waals surface area (Å²) in [4.78, 5) is 13.8. The van der Waals surface area contributed by atoms with E-state index < -0.39 is 12.3 Å². The molecule has 1 aliphatic carbocycles. The summed E-state index contributed by atoms with van der Waals surface area (Å²) >= 11 is 0. The van der Waals surface area contributed by atoms with Gasteiger partial charge in [-0.25, -0.2) is 0 Å². The molecule has 1 N–H and O–H groups in total. The first kappa shape index (κ1) is 20.0. The van der Waals surface area contributed by atoms with Crippen molar-refractivity contribution in [2.24, 2.45) is 0 Å². The summed E-state index contributed by atoms with van der Waals surface area (Å²) in [6.45, 7) is -0.169. The number of fused-ring (bicyclic) bond motifs is 2. The van der Waals surface area contributed by atoms with Gasteiger partial charge in [-0.3, -0.25) is 4.79 Å². The summed E-state index contributed by atoms with van der Waals surface area (Å²) in [6, 6.07) is 40.4. The van der Waals surface area contributed by atoms with Crippen LogP contribution >= 0.6 is 6.89 Å². The first-order valence-electron chi connectivity index (χ1n) is 11.2. The highest BCUT2D eigenvalue weighted by molar-refractivity contribution is 7.96. The Labute approximate surface area is 194 Å². The monoisotopic (exact) mass is 445 g/mol. The van der Waals surface area contributed by atoms with Crippen LogP contribution in [0.4, 0.5) is 5.69 Å². The van der Waals surface area contributed by atoms with Crippen LogP contribution in [0.2, 0.25) is 0 Å². The Bertz CT molecular complexity index is 1350. The highest BCUT2D eigenvalue weighted by atomic mass is 31.2. The van der Waals surface area contributed by atoms with Gasteiger partial charge in [0.1, 0.15) is 5.41 Å². The number of hydrogen-bond acceptors (Lipinski definition) is 1. The smallest absolute Gasteiger partial charge is 0.243 e. The highest BCUT2D eigenvalue weighted by Gasteiger charge is 2.57. The van der Waals surface area contributed by atoms with Crippen molar-refractivity contribution in [3.05, 3.63) is 132 Å². The second-order valence-electron chi connectivity index (χ2n) is 8.66. The fourth-order valence-corrected chi connectivity index (χ4v) is 10.6. The van der Waals surface area contributed by atoms with E-state index in [1.54, 1.807) is 0 Å². The topological polar surface area (TPSA) is 29.1 Å². The molecular weight excluding hydrogens is 421 g/mol. The number of rotatable bonds is 3. The Kier molecular flexibility index (Phi) is 4.54. The molecule has 4 aromatic carbocycles. The van der Waals surface area contributed by atoms with Gasteiger partial charge in [-0.15, -0.1) is 0 Å². The zero-order chi connectivity index (χ0) is 22.5. The SMILES string of the molecule is CC1=CC2(C(=O)Nc3ccccc32)C1=P(c1ccccc1)(c1ccccc1)c1ccccc1. The Morgan fingerprint density at radius 2 is 1.09 bits per heavy atom. The van der Waals surface area contributed by atoms with Crippen molar-refractivity contribution in [2.45, 2.75) is 12.3 Å². The van der Waals surface area contributed by atoms with Crippen molar-refractivity contribution in [3.8, 4) is 0 Å². The lowest BCUT2D eigenvalue weighted by atomic mass is 9.67. The average Bonchev–Trinajstić information content (AvgIpc) is 3.17. The van der Waals surface area contributed by atoms with Crippen molar-refractivity contribution < 1.29 is 4.79 Å². The first-order chi connectivity index (χ1) is 16.2. The minimum atomic E-state index is -2.33. The molecule has 1 aliphatic heterocycles. The molecule has 2 aliphatic rings. The molecule has 0 saturated heterocycles. The van der Waals surface area contributed by atoms with Gasteiger partial charge in [0.2, 0.25) is 5.91 Å². The lowest BCUT2D eigenvalue weighted by Gasteiger charge is -2.45. The molecule has 160 valence electrons. The summed E-state index contributed by atoms with van der Waals surface area (Å²) < 4.78 is 0. The lowest BCUT2D eigenvalue weighted by Crippen LogP contribution is -2.51. The molecule has 4 aromatic rings. The molecule has 6 rings (SSSR count). The molecule has 1 atom stereocenters. The normalized spacial score (nSPS) is 19.0.